The number of ether oxygens (including phenoxy) is 1. The van der Waals surface area contributed by atoms with E-state index in [0.717, 1.165) is 25.7 Å². The second-order valence-corrected chi connectivity index (χ2v) is 9.89. The Morgan fingerprint density at radius 1 is 1.23 bits per heavy atom. The number of hydrogen-bond acceptors (Lipinski definition) is 4. The molecule has 1 aliphatic rings. The third-order valence-corrected chi connectivity index (χ3v) is 6.13. The molecule has 1 heterocycles. The molecule has 0 radical (unpaired) electrons. The predicted octanol–water partition coefficient (Wildman–Crippen LogP) is 5.59. The van der Waals surface area contributed by atoms with E-state index in [1.165, 1.54) is 6.92 Å². The van der Waals surface area contributed by atoms with E-state index in [-0.39, 0.29) is 17.4 Å². The van der Waals surface area contributed by atoms with Gasteiger partial charge in [0.2, 0.25) is 0 Å². The predicted molar refractivity (Wildman–Crippen MR) is 120 cm³/mol. The van der Waals surface area contributed by atoms with Crippen molar-refractivity contribution < 1.29 is 24.2 Å². The molecule has 0 spiro atoms. The molecule has 0 saturated heterocycles. The van der Waals surface area contributed by atoms with Crippen molar-refractivity contribution in [2.24, 2.45) is 5.92 Å². The fourth-order valence-electron chi connectivity index (χ4n) is 4.47. The molecule has 6 nitrogen and oxygen atoms in total. The molecule has 0 amide bonds. The topological polar surface area (TPSA) is 85.6 Å². The number of carboxylic acids is 1. The van der Waals surface area contributed by atoms with Crippen molar-refractivity contribution in [3.63, 3.8) is 0 Å². The number of aliphatic carboxylic acids is 1. The number of aromatic nitrogens is 1. The minimum Gasteiger partial charge on any atom is -0.481 e. The summed E-state index contributed by atoms with van der Waals surface area (Å²) in [6.45, 7) is 6.72. The lowest BCUT2D eigenvalue weighted by molar-refractivity contribution is -0.155. The SMILES string of the molecule is CC(=O)c1cc2c(cc1Cl)c(C(CC1CCCC1)C(=O)O)cn2CC(=O)OC(C)(C)C. The zero-order chi connectivity index (χ0) is 22.9. The molecule has 0 aliphatic heterocycles. The summed E-state index contributed by atoms with van der Waals surface area (Å²) >= 11 is 6.36. The molecule has 1 unspecified atom stereocenters. The van der Waals surface area contributed by atoms with E-state index in [2.05, 4.69) is 0 Å². The summed E-state index contributed by atoms with van der Waals surface area (Å²) in [7, 11) is 0. The first-order valence-corrected chi connectivity index (χ1v) is 11.1. The zero-order valence-corrected chi connectivity index (χ0v) is 19.3. The molecule has 1 fully saturated rings. The molecule has 3 rings (SSSR count). The van der Waals surface area contributed by atoms with Crippen molar-refractivity contribution in [2.45, 2.75) is 77.9 Å². The molecular formula is C24H30ClNO5. The van der Waals surface area contributed by atoms with E-state index in [4.69, 9.17) is 16.3 Å². The number of nitrogens with zero attached hydrogens (tertiary/aromatic N) is 1. The van der Waals surface area contributed by atoms with Gasteiger partial charge in [-0.05, 0) is 57.7 Å². The molecule has 31 heavy (non-hydrogen) atoms. The maximum absolute atomic E-state index is 12.5. The van der Waals surface area contributed by atoms with Crippen LogP contribution in [-0.2, 0) is 20.9 Å². The quantitative estimate of drug-likeness (QED) is 0.441. The smallest absolute Gasteiger partial charge is 0.326 e. The molecule has 2 aromatic rings. The maximum atomic E-state index is 12.5. The Kier molecular flexibility index (Phi) is 6.79. The van der Waals surface area contributed by atoms with Crippen LogP contribution in [0.3, 0.4) is 0 Å². The highest BCUT2D eigenvalue weighted by atomic mass is 35.5. The number of rotatable bonds is 7. The zero-order valence-electron chi connectivity index (χ0n) is 18.5. The summed E-state index contributed by atoms with van der Waals surface area (Å²) in [5.74, 6) is -1.85. The number of halogens is 1. The number of hydrogen-bond donors (Lipinski definition) is 1. The first-order chi connectivity index (χ1) is 14.5. The minimum atomic E-state index is -0.894. The Morgan fingerprint density at radius 3 is 2.42 bits per heavy atom. The molecule has 1 aromatic carbocycles. The van der Waals surface area contributed by atoms with Crippen LogP contribution in [0, 0.1) is 5.92 Å². The third-order valence-electron chi connectivity index (χ3n) is 5.82. The van der Waals surface area contributed by atoms with Crippen LogP contribution in [-0.4, -0.2) is 33.0 Å². The number of ketones is 1. The van der Waals surface area contributed by atoms with Crippen LogP contribution in [0.5, 0.6) is 0 Å². The van der Waals surface area contributed by atoms with Gasteiger partial charge < -0.3 is 14.4 Å². The average Bonchev–Trinajstić information content (AvgIpc) is 3.25. The van der Waals surface area contributed by atoms with E-state index < -0.39 is 23.5 Å². The van der Waals surface area contributed by atoms with Crippen LogP contribution in [0.1, 0.15) is 81.6 Å². The van der Waals surface area contributed by atoms with Gasteiger partial charge >= 0.3 is 11.9 Å². The van der Waals surface area contributed by atoms with E-state index >= 15 is 0 Å². The van der Waals surface area contributed by atoms with Crippen molar-refractivity contribution in [3.8, 4) is 0 Å². The molecule has 1 aliphatic carbocycles. The van der Waals surface area contributed by atoms with Gasteiger partial charge in [0.25, 0.3) is 0 Å². The normalized spacial score (nSPS) is 15.9. The third kappa shape index (κ3) is 5.48. The van der Waals surface area contributed by atoms with Gasteiger partial charge in [-0.15, -0.1) is 0 Å². The summed E-state index contributed by atoms with van der Waals surface area (Å²) in [4.78, 5) is 36.8. The van der Waals surface area contributed by atoms with Gasteiger partial charge in [-0.1, -0.05) is 37.3 Å². The Hall–Kier alpha value is -2.34. The Labute approximate surface area is 187 Å². The standard InChI is InChI=1S/C24H30ClNO5/c1-14(27)16-11-21-17(10-20(16)25)19(12-26(21)13-22(28)31-24(2,3)4)18(23(29)30)9-15-7-5-6-8-15/h10-12,15,18H,5-9,13H2,1-4H3,(H,29,30). The van der Waals surface area contributed by atoms with Gasteiger partial charge in [0, 0.05) is 22.7 Å². The van der Waals surface area contributed by atoms with Crippen LogP contribution < -0.4 is 0 Å². The molecule has 168 valence electrons. The molecule has 0 bridgehead atoms. The Bertz CT molecular complexity index is 1010. The highest BCUT2D eigenvalue weighted by Gasteiger charge is 2.30. The van der Waals surface area contributed by atoms with Crippen molar-refractivity contribution in [1.29, 1.82) is 0 Å². The second kappa shape index (κ2) is 9.03. The lowest BCUT2D eigenvalue weighted by Crippen LogP contribution is -2.26. The highest BCUT2D eigenvalue weighted by Crippen LogP contribution is 2.39. The minimum absolute atomic E-state index is 0.0808. The van der Waals surface area contributed by atoms with Gasteiger partial charge in [-0.2, -0.15) is 0 Å². The van der Waals surface area contributed by atoms with Gasteiger partial charge in [-0.25, -0.2) is 0 Å². The summed E-state index contributed by atoms with van der Waals surface area (Å²) in [5.41, 5.74) is 0.929. The number of carbonyl (C=O) groups excluding carboxylic acids is 2. The first kappa shape index (κ1) is 23.3. The molecule has 1 aromatic heterocycles. The van der Waals surface area contributed by atoms with Crippen LogP contribution in [0.4, 0.5) is 0 Å². The van der Waals surface area contributed by atoms with E-state index in [9.17, 15) is 19.5 Å². The molecule has 1 N–H and O–H groups in total. The van der Waals surface area contributed by atoms with E-state index in [0.29, 0.717) is 34.4 Å². The number of benzene rings is 1. The van der Waals surface area contributed by atoms with Gasteiger partial charge in [0.15, 0.2) is 5.78 Å². The van der Waals surface area contributed by atoms with Gasteiger partial charge in [-0.3, -0.25) is 14.4 Å². The number of carbonyl (C=O) groups is 3. The van der Waals surface area contributed by atoms with E-state index in [1.54, 1.807) is 43.7 Å². The summed E-state index contributed by atoms with van der Waals surface area (Å²) in [6, 6.07) is 3.29. The number of Topliss-reactive ketones (excluding diaryl/α,β-unsaturated/α-hetero) is 1. The van der Waals surface area contributed by atoms with Crippen molar-refractivity contribution in [2.75, 3.05) is 0 Å². The molecule has 1 atom stereocenters. The Balaban J connectivity index is 2.09. The van der Waals surface area contributed by atoms with Crippen LogP contribution in [0.2, 0.25) is 5.02 Å². The lowest BCUT2D eigenvalue weighted by Gasteiger charge is -2.20. The lowest BCUT2D eigenvalue weighted by atomic mass is 9.87. The van der Waals surface area contributed by atoms with Crippen LogP contribution in [0.25, 0.3) is 10.9 Å². The van der Waals surface area contributed by atoms with Crippen LogP contribution in [0.15, 0.2) is 18.3 Å². The number of carboxylic acid groups (broad SMARTS) is 1. The van der Waals surface area contributed by atoms with Gasteiger partial charge in [0.1, 0.15) is 12.1 Å². The summed E-state index contributed by atoms with van der Waals surface area (Å²) in [6.07, 6.45) is 6.59. The summed E-state index contributed by atoms with van der Waals surface area (Å²) < 4.78 is 7.12. The second-order valence-electron chi connectivity index (χ2n) is 9.48. The van der Waals surface area contributed by atoms with Gasteiger partial charge in [0.05, 0.1) is 10.9 Å². The fraction of sp³-hybridized carbons (Fsp3) is 0.542. The fourth-order valence-corrected chi connectivity index (χ4v) is 4.77. The largest absolute Gasteiger partial charge is 0.481 e. The first-order valence-electron chi connectivity index (χ1n) is 10.7. The van der Waals surface area contributed by atoms with Crippen LogP contribution >= 0.6 is 11.6 Å². The average molecular weight is 448 g/mol. The van der Waals surface area contributed by atoms with Crippen molar-refractivity contribution in [1.82, 2.24) is 4.57 Å². The van der Waals surface area contributed by atoms with E-state index in [1.807, 2.05) is 0 Å². The molecule has 1 saturated carbocycles. The van der Waals surface area contributed by atoms with Crippen molar-refractivity contribution in [3.05, 3.63) is 34.5 Å². The number of fused-ring (bicyclic) bond motifs is 1. The monoisotopic (exact) mass is 447 g/mol. The summed E-state index contributed by atoms with van der Waals surface area (Å²) in [5, 5.41) is 11.0. The maximum Gasteiger partial charge on any atom is 0.326 e. The molecular weight excluding hydrogens is 418 g/mol. The van der Waals surface area contributed by atoms with Crippen molar-refractivity contribution >= 4 is 40.2 Å². The number of esters is 1. The highest BCUT2D eigenvalue weighted by molar-refractivity contribution is 6.34. The molecule has 7 heteroatoms. The Morgan fingerprint density at radius 2 is 1.87 bits per heavy atom.